The number of hydrogen-bond acceptors (Lipinski definition) is 3. The maximum absolute atomic E-state index is 12.6. The summed E-state index contributed by atoms with van der Waals surface area (Å²) in [5.41, 5.74) is 3.04. The largest absolute Gasteiger partial charge is 0.350 e. The number of likely N-dealkylation sites (tertiary alicyclic amines) is 1. The van der Waals surface area contributed by atoms with Crippen LogP contribution in [0.5, 0.6) is 0 Å². The SMILES string of the molecule is Cc1ccc(C(=O)N2CCC3(CC2)OCCCO3)c(C)c1. The molecule has 1 amide bonds. The zero-order chi connectivity index (χ0) is 14.9. The van der Waals surface area contributed by atoms with E-state index in [-0.39, 0.29) is 5.91 Å². The van der Waals surface area contributed by atoms with Gasteiger partial charge in [-0.05, 0) is 31.9 Å². The zero-order valence-corrected chi connectivity index (χ0v) is 12.9. The van der Waals surface area contributed by atoms with Crippen molar-refractivity contribution in [2.24, 2.45) is 0 Å². The lowest BCUT2D eigenvalue weighted by molar-refractivity contribution is -0.281. The number of ether oxygens (including phenoxy) is 2. The molecule has 4 nitrogen and oxygen atoms in total. The first-order valence-electron chi connectivity index (χ1n) is 7.74. The normalized spacial score (nSPS) is 21.5. The fourth-order valence-electron chi connectivity index (χ4n) is 3.18. The predicted molar refractivity (Wildman–Crippen MR) is 80.3 cm³/mol. The summed E-state index contributed by atoms with van der Waals surface area (Å²) in [5.74, 6) is -0.310. The summed E-state index contributed by atoms with van der Waals surface area (Å²) < 4.78 is 11.6. The van der Waals surface area contributed by atoms with Gasteiger partial charge < -0.3 is 14.4 Å². The van der Waals surface area contributed by atoms with Crippen molar-refractivity contribution in [1.82, 2.24) is 4.90 Å². The van der Waals surface area contributed by atoms with Gasteiger partial charge in [0.05, 0.1) is 13.2 Å². The van der Waals surface area contributed by atoms with Crippen LogP contribution < -0.4 is 0 Å². The van der Waals surface area contributed by atoms with Gasteiger partial charge >= 0.3 is 0 Å². The van der Waals surface area contributed by atoms with Crippen molar-refractivity contribution < 1.29 is 14.3 Å². The van der Waals surface area contributed by atoms with E-state index in [1.165, 1.54) is 5.56 Å². The summed E-state index contributed by atoms with van der Waals surface area (Å²) in [6, 6.07) is 6.00. The summed E-state index contributed by atoms with van der Waals surface area (Å²) in [4.78, 5) is 14.6. The van der Waals surface area contributed by atoms with E-state index in [1.54, 1.807) is 0 Å². The lowest BCUT2D eigenvalue weighted by Gasteiger charge is -2.43. The van der Waals surface area contributed by atoms with E-state index in [2.05, 4.69) is 6.07 Å². The first-order valence-corrected chi connectivity index (χ1v) is 7.74. The van der Waals surface area contributed by atoms with Crippen LogP contribution in [0.3, 0.4) is 0 Å². The molecule has 2 fully saturated rings. The number of benzene rings is 1. The summed E-state index contributed by atoms with van der Waals surface area (Å²) in [7, 11) is 0. The second-order valence-electron chi connectivity index (χ2n) is 6.07. The highest BCUT2D eigenvalue weighted by atomic mass is 16.7. The lowest BCUT2D eigenvalue weighted by atomic mass is 9.99. The number of carbonyl (C=O) groups is 1. The summed E-state index contributed by atoms with van der Waals surface area (Å²) in [6.07, 6.45) is 2.50. The van der Waals surface area contributed by atoms with Crippen LogP contribution >= 0.6 is 0 Å². The molecule has 21 heavy (non-hydrogen) atoms. The van der Waals surface area contributed by atoms with Gasteiger partial charge in [-0.1, -0.05) is 17.7 Å². The fraction of sp³-hybridized carbons (Fsp3) is 0.588. The molecule has 2 aliphatic heterocycles. The van der Waals surface area contributed by atoms with E-state index in [0.29, 0.717) is 13.1 Å². The van der Waals surface area contributed by atoms with Gasteiger partial charge in [0.2, 0.25) is 0 Å². The minimum absolute atomic E-state index is 0.123. The van der Waals surface area contributed by atoms with Crippen molar-refractivity contribution in [3.63, 3.8) is 0 Å². The van der Waals surface area contributed by atoms with Crippen molar-refractivity contribution in [2.75, 3.05) is 26.3 Å². The van der Waals surface area contributed by atoms with Gasteiger partial charge in [0, 0.05) is 31.5 Å². The summed E-state index contributed by atoms with van der Waals surface area (Å²) in [5, 5.41) is 0. The zero-order valence-electron chi connectivity index (χ0n) is 12.9. The van der Waals surface area contributed by atoms with Crippen molar-refractivity contribution >= 4 is 5.91 Å². The maximum atomic E-state index is 12.6. The van der Waals surface area contributed by atoms with Crippen LogP contribution in [0.4, 0.5) is 0 Å². The maximum Gasteiger partial charge on any atom is 0.254 e. The van der Waals surface area contributed by atoms with E-state index in [9.17, 15) is 4.79 Å². The molecule has 2 saturated heterocycles. The molecule has 0 aliphatic carbocycles. The van der Waals surface area contributed by atoms with E-state index in [4.69, 9.17) is 9.47 Å². The van der Waals surface area contributed by atoms with Crippen LogP contribution in [0.2, 0.25) is 0 Å². The van der Waals surface area contributed by atoms with Crippen LogP contribution in [0, 0.1) is 13.8 Å². The molecular weight excluding hydrogens is 266 g/mol. The van der Waals surface area contributed by atoms with Crippen LogP contribution in [-0.4, -0.2) is 42.9 Å². The average Bonchev–Trinajstić information content (AvgIpc) is 2.48. The van der Waals surface area contributed by atoms with Gasteiger partial charge in [0.15, 0.2) is 5.79 Å². The standard InChI is InChI=1S/C17H23NO3/c1-13-4-5-15(14(2)12-13)16(19)18-8-6-17(7-9-18)20-10-3-11-21-17/h4-5,12H,3,6-11H2,1-2H3. The van der Waals surface area contributed by atoms with Crippen LogP contribution in [-0.2, 0) is 9.47 Å². The molecule has 4 heteroatoms. The first-order chi connectivity index (χ1) is 10.1. The monoisotopic (exact) mass is 289 g/mol. The quantitative estimate of drug-likeness (QED) is 0.798. The molecule has 3 rings (SSSR count). The second kappa shape index (κ2) is 5.78. The highest BCUT2D eigenvalue weighted by Gasteiger charge is 2.39. The first kappa shape index (κ1) is 14.5. The average molecular weight is 289 g/mol. The molecule has 0 unspecified atom stereocenters. The molecule has 0 N–H and O–H groups in total. The van der Waals surface area contributed by atoms with Gasteiger partial charge in [-0.25, -0.2) is 0 Å². The molecule has 0 bridgehead atoms. The number of aryl methyl sites for hydroxylation is 2. The minimum atomic E-state index is -0.433. The minimum Gasteiger partial charge on any atom is -0.350 e. The Labute approximate surface area is 126 Å². The Kier molecular flexibility index (Phi) is 4.00. The van der Waals surface area contributed by atoms with E-state index in [1.807, 2.05) is 30.9 Å². The van der Waals surface area contributed by atoms with Gasteiger partial charge in [-0.3, -0.25) is 4.79 Å². The molecule has 0 saturated carbocycles. The van der Waals surface area contributed by atoms with Crippen LogP contribution in [0.25, 0.3) is 0 Å². The topological polar surface area (TPSA) is 38.8 Å². The van der Waals surface area contributed by atoms with Gasteiger partial charge in [0.1, 0.15) is 0 Å². The molecule has 0 atom stereocenters. The van der Waals surface area contributed by atoms with Gasteiger partial charge in [-0.2, -0.15) is 0 Å². The molecule has 1 spiro atoms. The number of carbonyl (C=O) groups excluding carboxylic acids is 1. The number of rotatable bonds is 1. The van der Waals surface area contributed by atoms with E-state index >= 15 is 0 Å². The molecule has 1 aromatic rings. The molecule has 0 radical (unpaired) electrons. The van der Waals surface area contributed by atoms with Crippen molar-refractivity contribution in [1.29, 1.82) is 0 Å². The van der Waals surface area contributed by atoms with Gasteiger partial charge in [-0.15, -0.1) is 0 Å². The van der Waals surface area contributed by atoms with Crippen molar-refractivity contribution in [3.8, 4) is 0 Å². The third-order valence-corrected chi connectivity index (χ3v) is 4.44. The van der Waals surface area contributed by atoms with E-state index < -0.39 is 5.79 Å². The molecule has 2 heterocycles. The molecule has 0 aromatic heterocycles. The third-order valence-electron chi connectivity index (χ3n) is 4.44. The van der Waals surface area contributed by atoms with Crippen molar-refractivity contribution in [2.45, 2.75) is 38.9 Å². The molecular formula is C17H23NO3. The van der Waals surface area contributed by atoms with Crippen LogP contribution in [0.15, 0.2) is 18.2 Å². The highest BCUT2D eigenvalue weighted by molar-refractivity contribution is 5.95. The molecule has 114 valence electrons. The predicted octanol–water partition coefficient (Wildman–Crippen LogP) is 2.67. The number of piperidine rings is 1. The fourth-order valence-corrected chi connectivity index (χ4v) is 3.18. The number of hydrogen-bond donors (Lipinski definition) is 0. The molecule has 1 aromatic carbocycles. The van der Waals surface area contributed by atoms with E-state index in [0.717, 1.165) is 43.6 Å². The Morgan fingerprint density at radius 1 is 1.14 bits per heavy atom. The third kappa shape index (κ3) is 2.97. The number of nitrogens with zero attached hydrogens (tertiary/aromatic N) is 1. The Morgan fingerprint density at radius 2 is 1.81 bits per heavy atom. The van der Waals surface area contributed by atoms with Crippen LogP contribution in [0.1, 0.15) is 40.7 Å². The van der Waals surface area contributed by atoms with Crippen molar-refractivity contribution in [3.05, 3.63) is 34.9 Å². The Morgan fingerprint density at radius 3 is 2.43 bits per heavy atom. The Balaban J connectivity index is 1.67. The summed E-state index contributed by atoms with van der Waals surface area (Å²) in [6.45, 7) is 6.98. The number of amides is 1. The Bertz CT molecular complexity index is 525. The molecule has 2 aliphatic rings. The second-order valence-corrected chi connectivity index (χ2v) is 6.07. The Hall–Kier alpha value is -1.39. The van der Waals surface area contributed by atoms with Gasteiger partial charge in [0.25, 0.3) is 5.91 Å². The smallest absolute Gasteiger partial charge is 0.254 e. The highest BCUT2D eigenvalue weighted by Crippen LogP contribution is 2.31. The lowest BCUT2D eigenvalue weighted by Crippen LogP contribution is -2.51. The summed E-state index contributed by atoms with van der Waals surface area (Å²) >= 11 is 0.